The maximum Gasteiger partial charge on any atom is 0.416 e. The van der Waals surface area contributed by atoms with E-state index in [0.29, 0.717) is 17.6 Å². The largest absolute Gasteiger partial charge is 0.416 e. The molecular weight excluding hydrogens is 268 g/mol. The summed E-state index contributed by atoms with van der Waals surface area (Å²) in [6.07, 6.45) is -0.496. The van der Waals surface area contributed by atoms with Gasteiger partial charge in [-0.15, -0.1) is 0 Å². The van der Waals surface area contributed by atoms with Gasteiger partial charge < -0.3 is 0 Å². The van der Waals surface area contributed by atoms with E-state index in [0.717, 1.165) is 17.7 Å². The second-order valence-corrected chi connectivity index (χ2v) is 5.05. The molecule has 1 aromatic carbocycles. The lowest BCUT2D eigenvalue weighted by Crippen LogP contribution is -2.07. The number of hydrogen-bond donors (Lipinski definition) is 0. The predicted octanol–water partition coefficient (Wildman–Crippen LogP) is 5.58. The molecule has 1 aromatic rings. The van der Waals surface area contributed by atoms with Gasteiger partial charge in [0.25, 0.3) is 0 Å². The molecule has 0 amide bonds. The van der Waals surface area contributed by atoms with Crippen LogP contribution in [-0.2, 0) is 6.18 Å². The van der Waals surface area contributed by atoms with Crippen LogP contribution in [0.4, 0.5) is 17.6 Å². The number of benzene rings is 1. The second-order valence-electron chi connectivity index (χ2n) is 5.05. The van der Waals surface area contributed by atoms with E-state index in [1.54, 1.807) is 0 Å². The van der Waals surface area contributed by atoms with Gasteiger partial charge in [-0.2, -0.15) is 13.2 Å². The summed E-state index contributed by atoms with van der Waals surface area (Å²) in [7, 11) is 0. The fraction of sp³-hybridized carbons (Fsp3) is 0.312. The molecule has 0 bridgehead atoms. The first kappa shape index (κ1) is 14.8. The molecule has 0 nitrogen and oxygen atoms in total. The van der Waals surface area contributed by atoms with Gasteiger partial charge in [0.15, 0.2) is 0 Å². The molecule has 0 atom stereocenters. The minimum Gasteiger partial charge on any atom is -0.207 e. The van der Waals surface area contributed by atoms with Crippen molar-refractivity contribution in [3.05, 3.63) is 59.3 Å². The Morgan fingerprint density at radius 3 is 2.15 bits per heavy atom. The van der Waals surface area contributed by atoms with Gasteiger partial charge in [-0.3, -0.25) is 0 Å². The monoisotopic (exact) mass is 283 g/mol. The van der Waals surface area contributed by atoms with E-state index in [-0.39, 0.29) is 11.7 Å². The highest BCUT2D eigenvalue weighted by Crippen LogP contribution is 2.38. The molecular formula is C16H15F4. The third kappa shape index (κ3) is 2.94. The Kier molecular flexibility index (Phi) is 4.02. The van der Waals surface area contributed by atoms with Gasteiger partial charge in [0.05, 0.1) is 5.56 Å². The van der Waals surface area contributed by atoms with Gasteiger partial charge in [-0.1, -0.05) is 31.6 Å². The van der Waals surface area contributed by atoms with Gasteiger partial charge in [0.1, 0.15) is 5.83 Å². The quantitative estimate of drug-likeness (QED) is 0.622. The highest BCUT2D eigenvalue weighted by atomic mass is 19.4. The van der Waals surface area contributed by atoms with Crippen molar-refractivity contribution < 1.29 is 17.6 Å². The molecule has 0 heterocycles. The average Bonchev–Trinajstić information content (AvgIpc) is 2.37. The van der Waals surface area contributed by atoms with Gasteiger partial charge in [-0.05, 0) is 42.5 Å². The Hall–Kier alpha value is -1.58. The molecule has 0 spiro atoms. The first-order valence-electron chi connectivity index (χ1n) is 6.41. The van der Waals surface area contributed by atoms with E-state index in [9.17, 15) is 17.6 Å². The van der Waals surface area contributed by atoms with Crippen LogP contribution in [0.5, 0.6) is 0 Å². The van der Waals surface area contributed by atoms with Crippen molar-refractivity contribution in [2.24, 2.45) is 5.92 Å². The van der Waals surface area contributed by atoms with Crippen LogP contribution in [0.15, 0.2) is 41.7 Å². The highest BCUT2D eigenvalue weighted by Gasteiger charge is 2.30. The highest BCUT2D eigenvalue weighted by molar-refractivity contribution is 5.82. The van der Waals surface area contributed by atoms with E-state index < -0.39 is 11.7 Å². The molecule has 2 rings (SSSR count). The number of hydrogen-bond acceptors (Lipinski definition) is 0. The van der Waals surface area contributed by atoms with Crippen LogP contribution in [0.2, 0.25) is 0 Å². The molecule has 4 heteroatoms. The Balaban J connectivity index is 2.46. The van der Waals surface area contributed by atoms with Crippen LogP contribution in [-0.4, -0.2) is 0 Å². The van der Waals surface area contributed by atoms with E-state index >= 15 is 0 Å². The van der Waals surface area contributed by atoms with Gasteiger partial charge in [-0.25, -0.2) is 4.39 Å². The van der Waals surface area contributed by atoms with Crippen LogP contribution in [0, 0.1) is 12.3 Å². The summed E-state index contributed by atoms with van der Waals surface area (Å²) in [4.78, 5) is 0. The summed E-state index contributed by atoms with van der Waals surface area (Å²) in [6.45, 7) is 3.88. The molecule has 107 valence electrons. The van der Waals surface area contributed by atoms with Crippen molar-refractivity contribution in [3.8, 4) is 0 Å². The zero-order valence-corrected chi connectivity index (χ0v) is 11.3. The summed E-state index contributed by atoms with van der Waals surface area (Å²) in [6, 6.07) is 4.63. The molecule has 0 aliphatic heterocycles. The van der Waals surface area contributed by atoms with E-state index in [1.807, 2.05) is 20.3 Å². The number of alkyl halides is 3. The van der Waals surface area contributed by atoms with Crippen molar-refractivity contribution >= 4 is 5.57 Å². The van der Waals surface area contributed by atoms with Crippen molar-refractivity contribution in [1.82, 2.24) is 0 Å². The molecule has 1 radical (unpaired) electrons. The average molecular weight is 283 g/mol. The Labute approximate surface area is 115 Å². The molecule has 20 heavy (non-hydrogen) atoms. The van der Waals surface area contributed by atoms with Gasteiger partial charge in [0.2, 0.25) is 0 Å². The van der Waals surface area contributed by atoms with Crippen LogP contribution >= 0.6 is 0 Å². The fourth-order valence-corrected chi connectivity index (χ4v) is 2.29. The Morgan fingerprint density at radius 2 is 1.65 bits per heavy atom. The lowest BCUT2D eigenvalue weighted by molar-refractivity contribution is -0.137. The number of rotatable bonds is 2. The topological polar surface area (TPSA) is 0 Å². The van der Waals surface area contributed by atoms with Crippen molar-refractivity contribution in [1.29, 1.82) is 0 Å². The smallest absolute Gasteiger partial charge is 0.207 e. The van der Waals surface area contributed by atoms with Gasteiger partial charge >= 0.3 is 6.18 Å². The van der Waals surface area contributed by atoms with E-state index in [4.69, 9.17) is 0 Å². The summed E-state index contributed by atoms with van der Waals surface area (Å²) >= 11 is 0. The van der Waals surface area contributed by atoms with Crippen molar-refractivity contribution in [2.75, 3.05) is 0 Å². The second kappa shape index (κ2) is 5.43. The van der Waals surface area contributed by atoms with Crippen LogP contribution < -0.4 is 0 Å². The van der Waals surface area contributed by atoms with Crippen LogP contribution in [0.25, 0.3) is 5.57 Å². The molecule has 0 unspecified atom stereocenters. The maximum atomic E-state index is 14.0. The summed E-state index contributed by atoms with van der Waals surface area (Å²) < 4.78 is 51.7. The van der Waals surface area contributed by atoms with Crippen molar-refractivity contribution in [3.63, 3.8) is 0 Å². The lowest BCUT2D eigenvalue weighted by Gasteiger charge is -2.21. The third-order valence-electron chi connectivity index (χ3n) is 3.29. The normalized spacial score (nSPS) is 16.6. The summed E-state index contributed by atoms with van der Waals surface area (Å²) in [5.74, 6) is -0.247. The minimum atomic E-state index is -4.37. The molecule has 0 fully saturated rings. The first-order valence-corrected chi connectivity index (χ1v) is 6.41. The Morgan fingerprint density at radius 1 is 1.05 bits per heavy atom. The molecule has 0 N–H and O–H groups in total. The molecule has 1 aliphatic carbocycles. The number of halogens is 4. The predicted molar refractivity (Wildman–Crippen MR) is 71.3 cm³/mol. The molecule has 0 saturated heterocycles. The Bertz CT molecular complexity index is 545. The first-order chi connectivity index (χ1) is 9.30. The molecule has 0 aromatic heterocycles. The zero-order chi connectivity index (χ0) is 14.9. The summed E-state index contributed by atoms with van der Waals surface area (Å²) in [5, 5.41) is 0. The SMILES string of the molecule is CC(C)C1=C(c2ccc(C(F)(F)F)cc2)C(F)=CC[CH]1. The van der Waals surface area contributed by atoms with Crippen LogP contribution in [0.1, 0.15) is 31.4 Å². The standard InChI is InChI=1S/C16H15F4/c1-10(2)13-4-3-5-14(17)15(13)11-6-8-12(9-7-11)16(18,19)20/h4-10H,3H2,1-2H3. The van der Waals surface area contributed by atoms with Crippen molar-refractivity contribution in [2.45, 2.75) is 26.4 Å². The maximum absolute atomic E-state index is 14.0. The lowest BCUT2D eigenvalue weighted by atomic mass is 9.85. The molecule has 0 saturated carbocycles. The minimum absolute atomic E-state index is 0.117. The van der Waals surface area contributed by atoms with Gasteiger partial charge in [0, 0.05) is 5.57 Å². The molecule has 1 aliphatic rings. The van der Waals surface area contributed by atoms with Crippen LogP contribution in [0.3, 0.4) is 0 Å². The summed E-state index contributed by atoms with van der Waals surface area (Å²) in [5.41, 5.74) is 0.994. The van der Waals surface area contributed by atoms with E-state index in [2.05, 4.69) is 0 Å². The fourth-order valence-electron chi connectivity index (χ4n) is 2.29. The zero-order valence-electron chi connectivity index (χ0n) is 11.3. The number of allylic oxidation sites excluding steroid dienone is 4. The third-order valence-corrected chi connectivity index (χ3v) is 3.29. The van der Waals surface area contributed by atoms with E-state index in [1.165, 1.54) is 18.2 Å².